The third kappa shape index (κ3) is 3.07. The summed E-state index contributed by atoms with van der Waals surface area (Å²) >= 11 is 6.05. The summed E-state index contributed by atoms with van der Waals surface area (Å²) < 4.78 is 5.09. The van der Waals surface area contributed by atoms with Crippen molar-refractivity contribution in [1.82, 2.24) is 5.32 Å². The standard InChI is InChI=1S/C13H17ClN2O2/c1-18-12-6-5-9(8-10(12)14)16-11-4-2-3-7-15-13(11)17/h5-6,8,11,16H,2-4,7H2,1H3,(H,15,17)/t11-/m0/s1. The zero-order valence-corrected chi connectivity index (χ0v) is 11.1. The van der Waals surface area contributed by atoms with Gasteiger partial charge in [0, 0.05) is 12.2 Å². The van der Waals surface area contributed by atoms with Crippen molar-refractivity contribution in [2.75, 3.05) is 19.0 Å². The first-order chi connectivity index (χ1) is 8.70. The molecular weight excluding hydrogens is 252 g/mol. The van der Waals surface area contributed by atoms with Gasteiger partial charge in [-0.15, -0.1) is 0 Å². The van der Waals surface area contributed by atoms with Gasteiger partial charge in [0.05, 0.1) is 12.1 Å². The van der Waals surface area contributed by atoms with Crippen LogP contribution in [0.2, 0.25) is 5.02 Å². The maximum atomic E-state index is 11.8. The van der Waals surface area contributed by atoms with Gasteiger partial charge in [-0.3, -0.25) is 4.79 Å². The van der Waals surface area contributed by atoms with Crippen LogP contribution >= 0.6 is 11.6 Å². The van der Waals surface area contributed by atoms with E-state index in [9.17, 15) is 4.79 Å². The van der Waals surface area contributed by atoms with Gasteiger partial charge in [-0.1, -0.05) is 11.6 Å². The molecule has 2 N–H and O–H groups in total. The summed E-state index contributed by atoms with van der Waals surface area (Å²) in [5.41, 5.74) is 0.836. The van der Waals surface area contributed by atoms with Crippen molar-refractivity contribution >= 4 is 23.2 Å². The number of hydrogen-bond donors (Lipinski definition) is 2. The maximum Gasteiger partial charge on any atom is 0.242 e. The molecule has 1 saturated heterocycles. The van der Waals surface area contributed by atoms with E-state index >= 15 is 0 Å². The Morgan fingerprint density at radius 2 is 2.28 bits per heavy atom. The Hall–Kier alpha value is -1.42. The Morgan fingerprint density at radius 3 is 3.00 bits per heavy atom. The molecule has 1 atom stereocenters. The van der Waals surface area contributed by atoms with E-state index in [1.165, 1.54) is 0 Å². The van der Waals surface area contributed by atoms with Gasteiger partial charge < -0.3 is 15.4 Å². The van der Waals surface area contributed by atoms with Crippen molar-refractivity contribution in [2.24, 2.45) is 0 Å². The molecule has 4 nitrogen and oxygen atoms in total. The number of anilines is 1. The average Bonchev–Trinajstić information content (AvgIpc) is 2.55. The van der Waals surface area contributed by atoms with Gasteiger partial charge in [-0.25, -0.2) is 0 Å². The predicted octanol–water partition coefficient (Wildman–Crippen LogP) is 2.43. The number of ether oxygens (including phenoxy) is 1. The highest BCUT2D eigenvalue weighted by Crippen LogP contribution is 2.27. The Morgan fingerprint density at radius 1 is 1.44 bits per heavy atom. The number of hydrogen-bond acceptors (Lipinski definition) is 3. The first-order valence-electron chi connectivity index (χ1n) is 6.08. The monoisotopic (exact) mass is 268 g/mol. The molecule has 1 heterocycles. The Balaban J connectivity index is 2.08. The maximum absolute atomic E-state index is 11.8. The Kier molecular flexibility index (Phi) is 4.31. The summed E-state index contributed by atoms with van der Waals surface area (Å²) in [7, 11) is 1.58. The average molecular weight is 269 g/mol. The minimum atomic E-state index is -0.183. The molecule has 0 aromatic heterocycles. The van der Waals surface area contributed by atoms with Crippen LogP contribution in [0.15, 0.2) is 18.2 Å². The van der Waals surface area contributed by atoms with Gasteiger partial charge in [0.2, 0.25) is 5.91 Å². The van der Waals surface area contributed by atoms with Crippen LogP contribution in [0.3, 0.4) is 0 Å². The summed E-state index contributed by atoms with van der Waals surface area (Å²) in [6.45, 7) is 0.764. The lowest BCUT2D eigenvalue weighted by Gasteiger charge is -2.17. The van der Waals surface area contributed by atoms with Crippen molar-refractivity contribution in [3.05, 3.63) is 23.2 Å². The number of carbonyl (C=O) groups is 1. The topological polar surface area (TPSA) is 50.4 Å². The molecule has 0 spiro atoms. The first-order valence-corrected chi connectivity index (χ1v) is 6.46. The minimum Gasteiger partial charge on any atom is -0.495 e. The number of methoxy groups -OCH3 is 1. The normalized spacial score (nSPS) is 19.9. The van der Waals surface area contributed by atoms with Gasteiger partial charge in [-0.2, -0.15) is 0 Å². The zero-order valence-electron chi connectivity index (χ0n) is 10.3. The molecule has 98 valence electrons. The van der Waals surface area contributed by atoms with Crippen molar-refractivity contribution in [3.8, 4) is 5.75 Å². The van der Waals surface area contributed by atoms with Crippen molar-refractivity contribution in [3.63, 3.8) is 0 Å². The lowest BCUT2D eigenvalue weighted by Crippen LogP contribution is -2.37. The van der Waals surface area contributed by atoms with Crippen LogP contribution < -0.4 is 15.4 Å². The second kappa shape index (κ2) is 5.96. The molecule has 0 bridgehead atoms. The van der Waals surface area contributed by atoms with Gasteiger partial charge in [-0.05, 0) is 37.5 Å². The Labute approximate surface area is 112 Å². The fourth-order valence-corrected chi connectivity index (χ4v) is 2.29. The third-order valence-electron chi connectivity index (χ3n) is 3.03. The smallest absolute Gasteiger partial charge is 0.242 e. The highest BCUT2D eigenvalue weighted by molar-refractivity contribution is 6.32. The van der Waals surface area contributed by atoms with Crippen LogP contribution in [0.5, 0.6) is 5.75 Å². The molecule has 1 aromatic carbocycles. The quantitative estimate of drug-likeness (QED) is 0.885. The molecule has 0 unspecified atom stereocenters. The van der Waals surface area contributed by atoms with Crippen LogP contribution in [0, 0.1) is 0 Å². The number of halogens is 1. The fraction of sp³-hybridized carbons (Fsp3) is 0.462. The summed E-state index contributed by atoms with van der Waals surface area (Å²) in [5.74, 6) is 0.687. The second-order valence-corrected chi connectivity index (χ2v) is 4.74. The molecule has 0 radical (unpaired) electrons. The molecule has 1 amide bonds. The SMILES string of the molecule is COc1ccc(N[C@H]2CCCCNC2=O)cc1Cl. The van der Waals surface area contributed by atoms with E-state index in [1.807, 2.05) is 6.07 Å². The van der Waals surface area contributed by atoms with Crippen LogP contribution in [0.25, 0.3) is 0 Å². The van der Waals surface area contributed by atoms with Crippen molar-refractivity contribution < 1.29 is 9.53 Å². The summed E-state index contributed by atoms with van der Waals surface area (Å²) in [5, 5.41) is 6.64. The molecule has 1 aromatic rings. The molecule has 1 aliphatic heterocycles. The lowest BCUT2D eigenvalue weighted by molar-refractivity contribution is -0.121. The molecule has 2 rings (SSSR count). The largest absolute Gasteiger partial charge is 0.495 e. The van der Waals surface area contributed by atoms with Crippen LogP contribution in [-0.4, -0.2) is 25.6 Å². The fourth-order valence-electron chi connectivity index (χ4n) is 2.03. The number of nitrogens with one attached hydrogen (secondary N) is 2. The van der Waals surface area contributed by atoms with E-state index in [-0.39, 0.29) is 11.9 Å². The number of benzene rings is 1. The molecular formula is C13H17ClN2O2. The molecule has 1 aliphatic rings. The van der Waals surface area contributed by atoms with E-state index in [4.69, 9.17) is 16.3 Å². The Bertz CT molecular complexity index is 437. The molecule has 18 heavy (non-hydrogen) atoms. The van der Waals surface area contributed by atoms with Gasteiger partial charge >= 0.3 is 0 Å². The van der Waals surface area contributed by atoms with Gasteiger partial charge in [0.15, 0.2) is 0 Å². The number of carbonyl (C=O) groups excluding carboxylic acids is 1. The van der Waals surface area contributed by atoms with Crippen LogP contribution in [-0.2, 0) is 4.79 Å². The highest BCUT2D eigenvalue weighted by Gasteiger charge is 2.20. The summed E-state index contributed by atoms with van der Waals surface area (Å²) in [4.78, 5) is 11.8. The predicted molar refractivity (Wildman–Crippen MR) is 72.3 cm³/mol. The summed E-state index contributed by atoms with van der Waals surface area (Å²) in [6.07, 6.45) is 2.92. The van der Waals surface area contributed by atoms with Gasteiger partial charge in [0.1, 0.15) is 11.8 Å². The lowest BCUT2D eigenvalue weighted by atomic mass is 10.1. The molecule has 0 aliphatic carbocycles. The van der Waals surface area contributed by atoms with Crippen molar-refractivity contribution in [2.45, 2.75) is 25.3 Å². The van der Waals surface area contributed by atoms with Gasteiger partial charge in [0.25, 0.3) is 0 Å². The highest BCUT2D eigenvalue weighted by atomic mass is 35.5. The van der Waals surface area contributed by atoms with E-state index < -0.39 is 0 Å². The number of rotatable bonds is 3. The van der Waals surface area contributed by atoms with Crippen LogP contribution in [0.4, 0.5) is 5.69 Å². The van der Waals surface area contributed by atoms with E-state index in [2.05, 4.69) is 10.6 Å². The zero-order chi connectivity index (χ0) is 13.0. The summed E-state index contributed by atoms with van der Waals surface area (Å²) in [6, 6.07) is 5.25. The van der Waals surface area contributed by atoms with E-state index in [1.54, 1.807) is 19.2 Å². The van der Waals surface area contributed by atoms with E-state index in [0.717, 1.165) is 31.5 Å². The first kappa shape index (κ1) is 13.0. The number of amides is 1. The minimum absolute atomic E-state index is 0.0550. The van der Waals surface area contributed by atoms with Crippen molar-refractivity contribution in [1.29, 1.82) is 0 Å². The second-order valence-electron chi connectivity index (χ2n) is 4.33. The van der Waals surface area contributed by atoms with Crippen LogP contribution in [0.1, 0.15) is 19.3 Å². The third-order valence-corrected chi connectivity index (χ3v) is 3.32. The van der Waals surface area contributed by atoms with E-state index in [0.29, 0.717) is 10.8 Å². The molecule has 5 heteroatoms. The molecule has 0 saturated carbocycles. The molecule has 1 fully saturated rings.